The fourth-order valence-electron chi connectivity index (χ4n) is 2.69. The minimum atomic E-state index is -0.494. The third-order valence-electron chi connectivity index (χ3n) is 3.88. The zero-order chi connectivity index (χ0) is 16.4. The van der Waals surface area contributed by atoms with Crippen molar-refractivity contribution in [3.05, 3.63) is 40.7 Å². The van der Waals surface area contributed by atoms with Crippen LogP contribution in [0.15, 0.2) is 29.3 Å². The van der Waals surface area contributed by atoms with Crippen LogP contribution in [0.2, 0.25) is 0 Å². The number of ether oxygens (including phenoxy) is 1. The van der Waals surface area contributed by atoms with Gasteiger partial charge in [0, 0.05) is 38.0 Å². The Labute approximate surface area is 133 Å². The van der Waals surface area contributed by atoms with Gasteiger partial charge in [-0.2, -0.15) is 0 Å². The molecule has 1 saturated heterocycles. The van der Waals surface area contributed by atoms with Crippen molar-refractivity contribution in [1.82, 2.24) is 14.5 Å². The van der Waals surface area contributed by atoms with Gasteiger partial charge >= 0.3 is 0 Å². The molecule has 1 fully saturated rings. The molecule has 1 aliphatic rings. The van der Waals surface area contributed by atoms with Gasteiger partial charge in [0.1, 0.15) is 0 Å². The average molecular weight is 318 g/mol. The van der Waals surface area contributed by atoms with Gasteiger partial charge in [-0.05, 0) is 12.0 Å². The van der Waals surface area contributed by atoms with Crippen molar-refractivity contribution < 1.29 is 9.13 Å². The molecule has 0 aliphatic carbocycles. The van der Waals surface area contributed by atoms with E-state index in [2.05, 4.69) is 16.9 Å². The van der Waals surface area contributed by atoms with Gasteiger partial charge in [-0.15, -0.1) is 0 Å². The zero-order valence-corrected chi connectivity index (χ0v) is 13.2. The fraction of sp³-hybridized carbons (Fsp3) is 0.438. The van der Waals surface area contributed by atoms with Crippen LogP contribution in [0.3, 0.4) is 0 Å². The maximum Gasteiger partial charge on any atom is 0.255 e. The van der Waals surface area contributed by atoms with Gasteiger partial charge in [-0.25, -0.2) is 9.37 Å². The topological polar surface area (TPSA) is 60.2 Å². The molecule has 0 amide bonds. The molecule has 7 heteroatoms. The smallest absolute Gasteiger partial charge is 0.255 e. The van der Waals surface area contributed by atoms with Gasteiger partial charge in [0.2, 0.25) is 5.95 Å². The van der Waals surface area contributed by atoms with Gasteiger partial charge in [-0.3, -0.25) is 14.3 Å². The van der Waals surface area contributed by atoms with Gasteiger partial charge < -0.3 is 9.64 Å². The third kappa shape index (κ3) is 3.24. The van der Waals surface area contributed by atoms with E-state index in [1.165, 1.54) is 22.9 Å². The summed E-state index contributed by atoms with van der Waals surface area (Å²) in [6.45, 7) is 4.73. The van der Waals surface area contributed by atoms with E-state index in [4.69, 9.17) is 4.74 Å². The van der Waals surface area contributed by atoms with Crippen LogP contribution in [0.1, 0.15) is 6.92 Å². The van der Waals surface area contributed by atoms with Crippen molar-refractivity contribution in [2.24, 2.45) is 13.0 Å². The Bertz CT molecular complexity index is 762. The Morgan fingerprint density at radius 1 is 1.43 bits per heavy atom. The number of rotatable bonds is 2. The van der Waals surface area contributed by atoms with Crippen LogP contribution in [0, 0.1) is 11.7 Å². The summed E-state index contributed by atoms with van der Waals surface area (Å²) in [5.41, 5.74) is 0.373. The van der Waals surface area contributed by atoms with Crippen molar-refractivity contribution in [1.29, 1.82) is 0 Å². The first-order valence-corrected chi connectivity index (χ1v) is 7.57. The van der Waals surface area contributed by atoms with E-state index >= 15 is 0 Å². The highest BCUT2D eigenvalue weighted by Gasteiger charge is 2.20. The average Bonchev–Trinajstić information content (AvgIpc) is 2.75. The van der Waals surface area contributed by atoms with Gasteiger partial charge in [-0.1, -0.05) is 6.92 Å². The first-order chi connectivity index (χ1) is 11.1. The van der Waals surface area contributed by atoms with Crippen molar-refractivity contribution >= 4 is 5.95 Å². The van der Waals surface area contributed by atoms with Gasteiger partial charge in [0.15, 0.2) is 5.82 Å². The van der Waals surface area contributed by atoms with Crippen LogP contribution in [0.5, 0.6) is 0 Å². The lowest BCUT2D eigenvalue weighted by Gasteiger charge is -2.25. The Kier molecular flexibility index (Phi) is 4.38. The molecule has 0 saturated carbocycles. The van der Waals surface area contributed by atoms with Crippen molar-refractivity contribution in [3.63, 3.8) is 0 Å². The number of anilines is 1. The highest BCUT2D eigenvalue weighted by Crippen LogP contribution is 2.22. The number of halogens is 1. The number of hydrogen-bond acceptors (Lipinski definition) is 5. The predicted octanol–water partition coefficient (Wildman–Crippen LogP) is 1.45. The van der Waals surface area contributed by atoms with E-state index in [0.29, 0.717) is 37.3 Å². The highest BCUT2D eigenvalue weighted by molar-refractivity contribution is 5.60. The Morgan fingerprint density at radius 3 is 3.04 bits per heavy atom. The molecule has 122 valence electrons. The molecule has 6 nitrogen and oxygen atoms in total. The van der Waals surface area contributed by atoms with Crippen molar-refractivity contribution in [2.45, 2.75) is 6.92 Å². The molecule has 3 rings (SSSR count). The number of hydrogen-bond donors (Lipinski definition) is 0. The Morgan fingerprint density at radius 2 is 2.26 bits per heavy atom. The Hall–Kier alpha value is -2.28. The van der Waals surface area contributed by atoms with Crippen molar-refractivity contribution in [2.75, 3.05) is 31.2 Å². The summed E-state index contributed by atoms with van der Waals surface area (Å²) in [5.74, 6) is 0.364. The summed E-state index contributed by atoms with van der Waals surface area (Å²) < 4.78 is 21.0. The van der Waals surface area contributed by atoms with Crippen molar-refractivity contribution in [3.8, 4) is 11.3 Å². The Balaban J connectivity index is 2.07. The molecule has 23 heavy (non-hydrogen) atoms. The summed E-state index contributed by atoms with van der Waals surface area (Å²) in [4.78, 5) is 22.6. The summed E-state index contributed by atoms with van der Waals surface area (Å²) in [5, 5.41) is 0. The van der Waals surface area contributed by atoms with E-state index in [-0.39, 0.29) is 11.1 Å². The molecule has 2 aromatic heterocycles. The van der Waals surface area contributed by atoms with Crippen LogP contribution in [-0.4, -0.2) is 40.8 Å². The standard InChI is InChI=1S/C16H19FN4O2/c1-11-9-21(5-6-23-10-11)16-19-14(7-15(22)20(16)2)12-3-4-18-8-13(12)17/h3-4,7-8,11H,5-6,9-10H2,1-2H3. The second-order valence-corrected chi connectivity index (χ2v) is 5.82. The van der Waals surface area contributed by atoms with Crippen LogP contribution >= 0.6 is 0 Å². The van der Waals surface area contributed by atoms with E-state index in [9.17, 15) is 9.18 Å². The lowest BCUT2D eigenvalue weighted by atomic mass is 10.2. The molecule has 0 bridgehead atoms. The zero-order valence-electron chi connectivity index (χ0n) is 13.2. The van der Waals surface area contributed by atoms with E-state index in [1.54, 1.807) is 7.05 Å². The van der Waals surface area contributed by atoms with E-state index < -0.39 is 5.82 Å². The highest BCUT2D eigenvalue weighted by atomic mass is 19.1. The summed E-state index contributed by atoms with van der Waals surface area (Å²) in [7, 11) is 1.67. The minimum absolute atomic E-state index is 0.223. The molecule has 0 aromatic carbocycles. The normalized spacial score (nSPS) is 18.7. The molecule has 1 unspecified atom stereocenters. The van der Waals surface area contributed by atoms with Gasteiger partial charge in [0.05, 0.1) is 25.1 Å². The monoisotopic (exact) mass is 318 g/mol. The molecule has 0 N–H and O–H groups in total. The molecule has 3 heterocycles. The SMILES string of the molecule is CC1COCCN(c2nc(-c3ccncc3F)cc(=O)n2C)C1. The van der Waals surface area contributed by atoms with Crippen LogP contribution in [0.4, 0.5) is 10.3 Å². The summed E-state index contributed by atoms with van der Waals surface area (Å²) >= 11 is 0. The first kappa shape index (κ1) is 15.6. The molecule has 2 aromatic rings. The molecule has 1 aliphatic heterocycles. The van der Waals surface area contributed by atoms with Gasteiger partial charge in [0.25, 0.3) is 5.56 Å². The third-order valence-corrected chi connectivity index (χ3v) is 3.88. The van der Waals surface area contributed by atoms with E-state index in [0.717, 1.165) is 12.7 Å². The molecular formula is C16H19FN4O2. The predicted molar refractivity (Wildman–Crippen MR) is 84.9 cm³/mol. The maximum atomic E-state index is 14.0. The quantitative estimate of drug-likeness (QED) is 0.839. The lowest BCUT2D eigenvalue weighted by Crippen LogP contribution is -2.35. The molecule has 1 atom stereocenters. The number of pyridine rings is 1. The maximum absolute atomic E-state index is 14.0. The van der Waals surface area contributed by atoms with Crippen LogP contribution < -0.4 is 10.5 Å². The molecule has 0 radical (unpaired) electrons. The fourth-order valence-corrected chi connectivity index (χ4v) is 2.69. The summed E-state index contributed by atoms with van der Waals surface area (Å²) in [6.07, 6.45) is 2.61. The summed E-state index contributed by atoms with van der Waals surface area (Å²) in [6, 6.07) is 2.87. The lowest BCUT2D eigenvalue weighted by molar-refractivity contribution is 0.129. The van der Waals surface area contributed by atoms with Crippen LogP contribution in [-0.2, 0) is 11.8 Å². The van der Waals surface area contributed by atoms with E-state index in [1.807, 2.05) is 4.90 Å². The number of aromatic nitrogens is 3. The molecular weight excluding hydrogens is 299 g/mol. The largest absolute Gasteiger partial charge is 0.379 e. The van der Waals surface area contributed by atoms with Crippen LogP contribution in [0.25, 0.3) is 11.3 Å². The minimum Gasteiger partial charge on any atom is -0.379 e. The second-order valence-electron chi connectivity index (χ2n) is 5.82. The number of nitrogens with zero attached hydrogens (tertiary/aromatic N) is 4. The molecule has 0 spiro atoms. The second kappa shape index (κ2) is 6.45. The first-order valence-electron chi connectivity index (χ1n) is 7.57.